The molecule has 14 heavy (non-hydrogen) atoms. The van der Waals surface area contributed by atoms with Crippen LogP contribution in [0.15, 0.2) is 30.3 Å². The zero-order chi connectivity index (χ0) is 9.90. The molecule has 0 fully saturated rings. The topological polar surface area (TPSA) is 26.0 Å². The molecule has 2 heteroatoms. The molecule has 0 bridgehead atoms. The third-order valence-electron chi connectivity index (χ3n) is 2.91. The lowest BCUT2D eigenvalue weighted by Gasteiger charge is -2.30. The summed E-state index contributed by atoms with van der Waals surface area (Å²) in [6.45, 7) is 6.61. The van der Waals surface area contributed by atoms with Gasteiger partial charge in [0.25, 0.3) is 0 Å². The SMILES string of the molecule is CCC(C)(C)C(N)c1ccccc1.Cl. The van der Waals surface area contributed by atoms with Gasteiger partial charge in [-0.1, -0.05) is 51.1 Å². The van der Waals surface area contributed by atoms with Gasteiger partial charge in [0.2, 0.25) is 0 Å². The van der Waals surface area contributed by atoms with Gasteiger partial charge in [-0.05, 0) is 17.4 Å². The standard InChI is InChI=1S/C12H19N.ClH/c1-4-12(2,3)11(13)10-8-6-5-7-9-10;/h5-9,11H,4,13H2,1-3H3;1H. The van der Waals surface area contributed by atoms with Gasteiger partial charge in [-0.3, -0.25) is 0 Å². The van der Waals surface area contributed by atoms with Crippen LogP contribution in [-0.2, 0) is 0 Å². The van der Waals surface area contributed by atoms with E-state index in [0.717, 1.165) is 6.42 Å². The zero-order valence-corrected chi connectivity index (χ0v) is 9.97. The van der Waals surface area contributed by atoms with Crippen molar-refractivity contribution in [2.45, 2.75) is 33.2 Å². The highest BCUT2D eigenvalue weighted by atomic mass is 35.5. The van der Waals surface area contributed by atoms with E-state index in [1.165, 1.54) is 5.56 Å². The molecule has 0 radical (unpaired) electrons. The summed E-state index contributed by atoms with van der Waals surface area (Å²) in [6, 6.07) is 10.4. The van der Waals surface area contributed by atoms with Gasteiger partial charge in [-0.25, -0.2) is 0 Å². The molecule has 1 rings (SSSR count). The van der Waals surface area contributed by atoms with Crippen molar-refractivity contribution in [2.24, 2.45) is 11.1 Å². The maximum atomic E-state index is 6.18. The first kappa shape index (κ1) is 13.5. The van der Waals surface area contributed by atoms with E-state index in [2.05, 4.69) is 32.9 Å². The van der Waals surface area contributed by atoms with E-state index in [1.54, 1.807) is 0 Å². The Hall–Kier alpha value is -0.530. The Morgan fingerprint density at radius 1 is 1.21 bits per heavy atom. The molecular weight excluding hydrogens is 194 g/mol. The minimum Gasteiger partial charge on any atom is -0.324 e. The van der Waals surface area contributed by atoms with Gasteiger partial charge in [0, 0.05) is 6.04 Å². The van der Waals surface area contributed by atoms with Crippen molar-refractivity contribution >= 4 is 12.4 Å². The van der Waals surface area contributed by atoms with E-state index >= 15 is 0 Å². The predicted octanol–water partition coefficient (Wildman–Crippen LogP) is 3.54. The average Bonchev–Trinajstić information content (AvgIpc) is 2.18. The van der Waals surface area contributed by atoms with Gasteiger partial charge in [0.1, 0.15) is 0 Å². The van der Waals surface area contributed by atoms with Gasteiger partial charge < -0.3 is 5.73 Å². The van der Waals surface area contributed by atoms with Crippen molar-refractivity contribution in [1.29, 1.82) is 0 Å². The molecule has 1 unspecified atom stereocenters. The largest absolute Gasteiger partial charge is 0.324 e. The monoisotopic (exact) mass is 213 g/mol. The molecule has 0 saturated carbocycles. The quantitative estimate of drug-likeness (QED) is 0.817. The first-order chi connectivity index (χ1) is 6.08. The molecule has 0 aliphatic carbocycles. The van der Waals surface area contributed by atoms with Crippen LogP contribution < -0.4 is 5.73 Å². The maximum absolute atomic E-state index is 6.18. The van der Waals surface area contributed by atoms with Crippen molar-refractivity contribution < 1.29 is 0 Å². The van der Waals surface area contributed by atoms with Crippen molar-refractivity contribution in [3.05, 3.63) is 35.9 Å². The fraction of sp³-hybridized carbons (Fsp3) is 0.500. The molecule has 0 amide bonds. The summed E-state index contributed by atoms with van der Waals surface area (Å²) in [6.07, 6.45) is 1.10. The van der Waals surface area contributed by atoms with Crippen molar-refractivity contribution in [3.8, 4) is 0 Å². The Kier molecular flexibility index (Phi) is 5.17. The molecule has 0 spiro atoms. The summed E-state index contributed by atoms with van der Waals surface area (Å²) in [4.78, 5) is 0. The van der Waals surface area contributed by atoms with Crippen LogP contribution in [0.25, 0.3) is 0 Å². The minimum atomic E-state index is 0. The zero-order valence-electron chi connectivity index (χ0n) is 9.16. The highest BCUT2D eigenvalue weighted by Crippen LogP contribution is 2.33. The first-order valence-electron chi connectivity index (χ1n) is 4.88. The summed E-state index contributed by atoms with van der Waals surface area (Å²) in [5.74, 6) is 0. The second-order valence-electron chi connectivity index (χ2n) is 4.23. The maximum Gasteiger partial charge on any atom is 0.0346 e. The molecule has 0 aliphatic heterocycles. The highest BCUT2D eigenvalue weighted by molar-refractivity contribution is 5.85. The summed E-state index contributed by atoms with van der Waals surface area (Å²) >= 11 is 0. The van der Waals surface area contributed by atoms with Crippen molar-refractivity contribution in [2.75, 3.05) is 0 Å². The predicted molar refractivity (Wildman–Crippen MR) is 64.7 cm³/mol. The van der Waals surface area contributed by atoms with Crippen LogP contribution in [0.4, 0.5) is 0 Å². The lowest BCUT2D eigenvalue weighted by atomic mass is 9.79. The van der Waals surface area contributed by atoms with E-state index in [0.29, 0.717) is 0 Å². The van der Waals surface area contributed by atoms with Crippen LogP contribution in [0.2, 0.25) is 0 Å². The van der Waals surface area contributed by atoms with E-state index in [-0.39, 0.29) is 23.9 Å². The Morgan fingerprint density at radius 2 is 1.71 bits per heavy atom. The van der Waals surface area contributed by atoms with Gasteiger partial charge in [0.05, 0.1) is 0 Å². The average molecular weight is 214 g/mol. The number of nitrogens with two attached hydrogens (primary N) is 1. The van der Waals surface area contributed by atoms with Crippen molar-refractivity contribution in [1.82, 2.24) is 0 Å². The smallest absolute Gasteiger partial charge is 0.0346 e. The fourth-order valence-corrected chi connectivity index (χ4v) is 1.33. The van der Waals surface area contributed by atoms with Crippen LogP contribution in [-0.4, -0.2) is 0 Å². The van der Waals surface area contributed by atoms with Gasteiger partial charge in [-0.15, -0.1) is 12.4 Å². The van der Waals surface area contributed by atoms with Crippen LogP contribution in [0, 0.1) is 5.41 Å². The number of halogens is 1. The Bertz CT molecular complexity index is 256. The molecule has 2 N–H and O–H groups in total. The molecule has 1 nitrogen and oxygen atoms in total. The van der Waals surface area contributed by atoms with Crippen LogP contribution in [0.1, 0.15) is 38.8 Å². The molecule has 0 heterocycles. The number of hydrogen-bond acceptors (Lipinski definition) is 1. The molecular formula is C12H20ClN. The van der Waals surface area contributed by atoms with Crippen LogP contribution >= 0.6 is 12.4 Å². The molecule has 0 aliphatic rings. The lowest BCUT2D eigenvalue weighted by Crippen LogP contribution is -2.28. The third-order valence-corrected chi connectivity index (χ3v) is 2.91. The molecule has 0 saturated heterocycles. The summed E-state index contributed by atoms with van der Waals surface area (Å²) < 4.78 is 0. The van der Waals surface area contributed by atoms with E-state index in [9.17, 15) is 0 Å². The van der Waals surface area contributed by atoms with E-state index < -0.39 is 0 Å². The molecule has 1 atom stereocenters. The second-order valence-corrected chi connectivity index (χ2v) is 4.23. The number of benzene rings is 1. The lowest BCUT2D eigenvalue weighted by molar-refractivity contribution is 0.278. The Labute approximate surface area is 93.1 Å². The first-order valence-corrected chi connectivity index (χ1v) is 4.88. The number of hydrogen-bond donors (Lipinski definition) is 1. The number of rotatable bonds is 3. The summed E-state index contributed by atoms with van der Waals surface area (Å²) in [5, 5.41) is 0. The van der Waals surface area contributed by atoms with Gasteiger partial charge >= 0.3 is 0 Å². The normalized spacial score (nSPS) is 13.1. The van der Waals surface area contributed by atoms with E-state index in [1.807, 2.05) is 18.2 Å². The Morgan fingerprint density at radius 3 is 2.14 bits per heavy atom. The van der Waals surface area contributed by atoms with Crippen LogP contribution in [0.3, 0.4) is 0 Å². The molecule has 0 aromatic heterocycles. The fourth-order valence-electron chi connectivity index (χ4n) is 1.33. The van der Waals surface area contributed by atoms with E-state index in [4.69, 9.17) is 5.73 Å². The van der Waals surface area contributed by atoms with Crippen molar-refractivity contribution in [3.63, 3.8) is 0 Å². The second kappa shape index (κ2) is 5.38. The molecule has 80 valence electrons. The minimum absolute atomic E-state index is 0. The van der Waals surface area contributed by atoms with Crippen LogP contribution in [0.5, 0.6) is 0 Å². The molecule has 1 aromatic rings. The summed E-state index contributed by atoms with van der Waals surface area (Å²) in [7, 11) is 0. The highest BCUT2D eigenvalue weighted by Gasteiger charge is 2.25. The summed E-state index contributed by atoms with van der Waals surface area (Å²) in [5.41, 5.74) is 7.60. The third kappa shape index (κ3) is 3.00. The molecule has 1 aromatic carbocycles. The Balaban J connectivity index is 0.00000169. The van der Waals surface area contributed by atoms with Gasteiger partial charge in [-0.2, -0.15) is 0 Å². The van der Waals surface area contributed by atoms with Gasteiger partial charge in [0.15, 0.2) is 0 Å².